The average Bonchev–Trinajstić information content (AvgIpc) is 2.42. The standard InChI is InChI=1S/C14H11F8N/c15-11(16)12(8-23,5-6-13(17,18)19)7-9-1-3-10(4-2-9)14(20,21)22/h1-4,11H,5-7H2. The molecule has 9 heteroatoms. The Kier molecular flexibility index (Phi) is 5.61. The minimum Gasteiger partial charge on any atom is -0.209 e. The number of hydrogen-bond acceptors (Lipinski definition) is 1. The van der Waals surface area contributed by atoms with Gasteiger partial charge in [-0.2, -0.15) is 31.6 Å². The lowest BCUT2D eigenvalue weighted by molar-refractivity contribution is -0.143. The number of halogens is 8. The van der Waals surface area contributed by atoms with E-state index in [0.717, 1.165) is 12.1 Å². The normalized spacial score (nSPS) is 15.3. The average molecular weight is 345 g/mol. The smallest absolute Gasteiger partial charge is 0.209 e. The first-order valence-electron chi connectivity index (χ1n) is 6.32. The van der Waals surface area contributed by atoms with Crippen LogP contribution >= 0.6 is 0 Å². The van der Waals surface area contributed by atoms with Crippen LogP contribution in [0.25, 0.3) is 0 Å². The summed E-state index contributed by atoms with van der Waals surface area (Å²) < 4.78 is 100. The van der Waals surface area contributed by atoms with Crippen molar-refractivity contribution in [3.8, 4) is 6.07 Å². The van der Waals surface area contributed by atoms with E-state index in [0.29, 0.717) is 12.1 Å². The number of alkyl halides is 8. The minimum absolute atomic E-state index is 0.0676. The molecule has 23 heavy (non-hydrogen) atoms. The summed E-state index contributed by atoms with van der Waals surface area (Å²) in [4.78, 5) is 0. The molecule has 0 fully saturated rings. The van der Waals surface area contributed by atoms with Gasteiger partial charge in [-0.3, -0.25) is 0 Å². The van der Waals surface area contributed by atoms with Gasteiger partial charge >= 0.3 is 12.4 Å². The summed E-state index contributed by atoms with van der Waals surface area (Å²) in [5.41, 5.74) is -3.69. The molecule has 1 rings (SSSR count). The van der Waals surface area contributed by atoms with Gasteiger partial charge in [0.15, 0.2) is 0 Å². The predicted octanol–water partition coefficient (Wildman–Crippen LogP) is 5.37. The Morgan fingerprint density at radius 3 is 1.78 bits per heavy atom. The molecule has 1 atom stereocenters. The van der Waals surface area contributed by atoms with Crippen LogP contribution in [-0.4, -0.2) is 12.6 Å². The summed E-state index contributed by atoms with van der Waals surface area (Å²) in [6, 6.07) is 4.23. The summed E-state index contributed by atoms with van der Waals surface area (Å²) in [6.45, 7) is 0. The minimum atomic E-state index is -4.71. The molecule has 0 radical (unpaired) electrons. The molecule has 1 unspecified atom stereocenters. The molecule has 0 spiro atoms. The molecule has 1 nitrogen and oxygen atoms in total. The van der Waals surface area contributed by atoms with Gasteiger partial charge < -0.3 is 0 Å². The molecule has 1 aromatic carbocycles. The zero-order chi connectivity index (χ0) is 17.9. The molecular formula is C14H11F8N. The fourth-order valence-electron chi connectivity index (χ4n) is 1.96. The number of nitriles is 1. The molecule has 0 aromatic heterocycles. The van der Waals surface area contributed by atoms with Crippen LogP contribution in [0.2, 0.25) is 0 Å². The molecular weight excluding hydrogens is 334 g/mol. The second-order valence-electron chi connectivity index (χ2n) is 5.06. The Hall–Kier alpha value is -1.85. The van der Waals surface area contributed by atoms with E-state index in [4.69, 9.17) is 5.26 Å². The van der Waals surface area contributed by atoms with E-state index in [1.54, 1.807) is 0 Å². The molecule has 0 saturated heterocycles. The Bertz CT molecular complexity index is 552. The highest BCUT2D eigenvalue weighted by atomic mass is 19.4. The van der Waals surface area contributed by atoms with Crippen LogP contribution in [0, 0.1) is 16.7 Å². The van der Waals surface area contributed by atoms with Crippen LogP contribution in [-0.2, 0) is 12.6 Å². The first kappa shape index (κ1) is 19.2. The molecule has 1 aromatic rings. The van der Waals surface area contributed by atoms with Crippen molar-refractivity contribution in [1.29, 1.82) is 5.26 Å². The molecule has 0 aliphatic heterocycles. The molecule has 0 bridgehead atoms. The molecule has 0 aliphatic rings. The molecule has 0 heterocycles. The largest absolute Gasteiger partial charge is 0.416 e. The Morgan fingerprint density at radius 2 is 1.43 bits per heavy atom. The van der Waals surface area contributed by atoms with Crippen molar-refractivity contribution < 1.29 is 35.1 Å². The summed E-state index contributed by atoms with van der Waals surface area (Å²) in [5.74, 6) is 0. The SMILES string of the molecule is N#CC(CCC(F)(F)F)(Cc1ccc(C(F)(F)F)cc1)C(F)F. The summed E-state index contributed by atoms with van der Waals surface area (Å²) >= 11 is 0. The third-order valence-corrected chi connectivity index (χ3v) is 3.30. The quantitative estimate of drug-likeness (QED) is 0.659. The van der Waals surface area contributed by atoms with Crippen LogP contribution in [0.5, 0.6) is 0 Å². The van der Waals surface area contributed by atoms with Crippen LogP contribution < -0.4 is 0 Å². The van der Waals surface area contributed by atoms with Crippen molar-refractivity contribution in [2.24, 2.45) is 5.41 Å². The molecule has 128 valence electrons. The fourth-order valence-corrected chi connectivity index (χ4v) is 1.96. The first-order valence-corrected chi connectivity index (χ1v) is 6.32. The van der Waals surface area contributed by atoms with Gasteiger partial charge in [0, 0.05) is 6.42 Å². The van der Waals surface area contributed by atoms with E-state index in [9.17, 15) is 35.1 Å². The number of benzene rings is 1. The predicted molar refractivity (Wildman–Crippen MR) is 64.5 cm³/mol. The highest BCUT2D eigenvalue weighted by molar-refractivity contribution is 5.27. The zero-order valence-corrected chi connectivity index (χ0v) is 11.5. The van der Waals surface area contributed by atoms with Gasteiger partial charge in [0.05, 0.1) is 11.6 Å². The van der Waals surface area contributed by atoms with Crippen molar-refractivity contribution in [3.63, 3.8) is 0 Å². The van der Waals surface area contributed by atoms with Gasteiger partial charge in [-0.1, -0.05) is 12.1 Å². The first-order chi connectivity index (χ1) is 10.4. The van der Waals surface area contributed by atoms with E-state index in [-0.39, 0.29) is 5.56 Å². The maximum atomic E-state index is 13.1. The lowest BCUT2D eigenvalue weighted by atomic mass is 9.79. The lowest BCUT2D eigenvalue weighted by Gasteiger charge is -2.26. The molecule has 0 N–H and O–H groups in total. The second-order valence-corrected chi connectivity index (χ2v) is 5.06. The summed E-state index contributed by atoms with van der Waals surface area (Å²) in [6.07, 6.45) is -16.2. The maximum absolute atomic E-state index is 13.1. The van der Waals surface area contributed by atoms with Gasteiger partial charge in [-0.15, -0.1) is 0 Å². The van der Waals surface area contributed by atoms with E-state index >= 15 is 0 Å². The fraction of sp³-hybridized carbons (Fsp3) is 0.500. The topological polar surface area (TPSA) is 23.8 Å². The maximum Gasteiger partial charge on any atom is 0.416 e. The van der Waals surface area contributed by atoms with Crippen LogP contribution in [0.15, 0.2) is 24.3 Å². The van der Waals surface area contributed by atoms with Crippen LogP contribution in [0.1, 0.15) is 24.0 Å². The number of rotatable bonds is 5. The van der Waals surface area contributed by atoms with Gasteiger partial charge in [0.25, 0.3) is 6.43 Å². The molecule has 0 aliphatic carbocycles. The van der Waals surface area contributed by atoms with Crippen LogP contribution in [0.3, 0.4) is 0 Å². The van der Waals surface area contributed by atoms with E-state index < -0.39 is 49.0 Å². The van der Waals surface area contributed by atoms with Gasteiger partial charge in [-0.25, -0.2) is 8.78 Å². The van der Waals surface area contributed by atoms with Crippen molar-refractivity contribution in [2.45, 2.75) is 38.0 Å². The van der Waals surface area contributed by atoms with Crippen molar-refractivity contribution in [3.05, 3.63) is 35.4 Å². The Morgan fingerprint density at radius 1 is 0.913 bits per heavy atom. The molecule has 0 amide bonds. The van der Waals surface area contributed by atoms with Crippen molar-refractivity contribution in [1.82, 2.24) is 0 Å². The number of nitrogens with zero attached hydrogens (tertiary/aromatic N) is 1. The van der Waals surface area contributed by atoms with Gasteiger partial charge in [0.1, 0.15) is 5.41 Å². The van der Waals surface area contributed by atoms with Crippen molar-refractivity contribution in [2.75, 3.05) is 0 Å². The summed E-state index contributed by atoms with van der Waals surface area (Å²) in [7, 11) is 0. The Labute approximate surface area is 126 Å². The van der Waals surface area contributed by atoms with Gasteiger partial charge in [-0.05, 0) is 30.5 Å². The second kappa shape index (κ2) is 6.72. The highest BCUT2D eigenvalue weighted by Gasteiger charge is 2.44. The van der Waals surface area contributed by atoms with E-state index in [2.05, 4.69) is 0 Å². The third-order valence-electron chi connectivity index (χ3n) is 3.30. The van der Waals surface area contributed by atoms with Gasteiger partial charge in [0.2, 0.25) is 0 Å². The van der Waals surface area contributed by atoms with Crippen molar-refractivity contribution >= 4 is 0 Å². The third kappa shape index (κ3) is 5.37. The van der Waals surface area contributed by atoms with E-state index in [1.165, 1.54) is 6.07 Å². The van der Waals surface area contributed by atoms with Crippen LogP contribution in [0.4, 0.5) is 35.1 Å². The lowest BCUT2D eigenvalue weighted by Crippen LogP contribution is -2.32. The van der Waals surface area contributed by atoms with E-state index in [1.807, 2.05) is 0 Å². The monoisotopic (exact) mass is 345 g/mol. The highest BCUT2D eigenvalue weighted by Crippen LogP contribution is 2.39. The Balaban J connectivity index is 3.00. The molecule has 0 saturated carbocycles. The zero-order valence-electron chi connectivity index (χ0n) is 11.5. The number of hydrogen-bond donors (Lipinski definition) is 0. The summed E-state index contributed by atoms with van der Waals surface area (Å²) in [5, 5.41) is 8.91.